The number of aromatic nitrogens is 2. The first kappa shape index (κ1) is 20.0. The third kappa shape index (κ3) is 4.35. The predicted molar refractivity (Wildman–Crippen MR) is 121 cm³/mol. The third-order valence-corrected chi connectivity index (χ3v) is 4.80. The van der Waals surface area contributed by atoms with E-state index >= 15 is 0 Å². The average molecular weight is 412 g/mol. The lowest BCUT2D eigenvalue weighted by Crippen LogP contribution is -2.10. The first-order chi connectivity index (χ1) is 14.9. The molecule has 2 aromatic heterocycles. The molecule has 0 fully saturated rings. The van der Waals surface area contributed by atoms with Gasteiger partial charge in [0.25, 0.3) is 5.69 Å². The maximum atomic E-state index is 12.7. The molecule has 0 spiro atoms. The van der Waals surface area contributed by atoms with Crippen molar-refractivity contribution < 1.29 is 9.72 Å². The van der Waals surface area contributed by atoms with Gasteiger partial charge in [-0.15, -0.1) is 0 Å². The van der Waals surface area contributed by atoms with Crippen molar-refractivity contribution in [1.82, 2.24) is 9.38 Å². The second-order valence-electron chi connectivity index (χ2n) is 7.29. The summed E-state index contributed by atoms with van der Waals surface area (Å²) in [4.78, 5) is 27.7. The highest BCUT2D eigenvalue weighted by atomic mass is 16.6. The molecule has 1 N–H and O–H groups in total. The molecule has 31 heavy (non-hydrogen) atoms. The zero-order valence-electron chi connectivity index (χ0n) is 17.1. The van der Waals surface area contributed by atoms with Crippen LogP contribution in [0, 0.1) is 24.0 Å². The Bertz CT molecular complexity index is 1300. The third-order valence-electron chi connectivity index (χ3n) is 4.80. The molecule has 0 radical (unpaired) electrons. The minimum Gasteiger partial charge on any atom is -0.306 e. The van der Waals surface area contributed by atoms with Gasteiger partial charge in [-0.3, -0.25) is 19.3 Å². The summed E-state index contributed by atoms with van der Waals surface area (Å²) in [6.07, 6.45) is 4.86. The Labute approximate surface area is 178 Å². The van der Waals surface area contributed by atoms with E-state index < -0.39 is 4.92 Å². The number of fused-ring (bicyclic) bond motifs is 1. The van der Waals surface area contributed by atoms with Crippen LogP contribution in [-0.2, 0) is 4.79 Å². The molecule has 2 aromatic carbocycles. The van der Waals surface area contributed by atoms with E-state index in [4.69, 9.17) is 4.98 Å². The van der Waals surface area contributed by atoms with Gasteiger partial charge in [-0.1, -0.05) is 23.3 Å². The molecule has 0 saturated heterocycles. The Kier molecular flexibility index (Phi) is 5.32. The molecule has 0 aliphatic carbocycles. The lowest BCUT2D eigenvalue weighted by atomic mass is 10.1. The summed E-state index contributed by atoms with van der Waals surface area (Å²) in [6.45, 7) is 4.05. The zero-order valence-corrected chi connectivity index (χ0v) is 17.1. The van der Waals surface area contributed by atoms with E-state index in [-0.39, 0.29) is 11.6 Å². The average Bonchev–Trinajstić information content (AvgIpc) is 3.10. The molecule has 4 aromatic rings. The van der Waals surface area contributed by atoms with Gasteiger partial charge in [0.2, 0.25) is 5.91 Å². The fourth-order valence-corrected chi connectivity index (χ4v) is 3.47. The molecule has 0 bridgehead atoms. The van der Waals surface area contributed by atoms with Crippen LogP contribution in [0.4, 0.5) is 11.5 Å². The molecule has 7 nitrogen and oxygen atoms in total. The number of nitro groups is 1. The fraction of sp³-hybridized carbons (Fsp3) is 0.0833. The quantitative estimate of drug-likeness (QED) is 0.278. The van der Waals surface area contributed by atoms with Gasteiger partial charge in [0.05, 0.1) is 4.92 Å². The number of hydrogen-bond donors (Lipinski definition) is 1. The van der Waals surface area contributed by atoms with Gasteiger partial charge in [-0.25, -0.2) is 4.98 Å². The standard InChI is InChI=1S/C24H20N4O3/c1-16-13-17(2)15-19(14-16)23-24(27-12-4-3-5-21(27)25-23)26-22(29)11-8-18-6-9-20(10-7-18)28(30)31/h3-15H,1-2H3,(H,26,29)/b11-8+. The van der Waals surface area contributed by atoms with Crippen molar-refractivity contribution in [3.05, 3.63) is 99.7 Å². The molecule has 154 valence electrons. The first-order valence-corrected chi connectivity index (χ1v) is 9.70. The van der Waals surface area contributed by atoms with Crippen molar-refractivity contribution in [2.24, 2.45) is 0 Å². The smallest absolute Gasteiger partial charge is 0.269 e. The van der Waals surface area contributed by atoms with Gasteiger partial charge in [0, 0.05) is 30.0 Å². The maximum Gasteiger partial charge on any atom is 0.269 e. The van der Waals surface area contributed by atoms with E-state index in [0.29, 0.717) is 17.1 Å². The fourth-order valence-electron chi connectivity index (χ4n) is 3.47. The number of pyridine rings is 1. The van der Waals surface area contributed by atoms with Crippen LogP contribution in [0.15, 0.2) is 72.9 Å². The van der Waals surface area contributed by atoms with Crippen molar-refractivity contribution in [1.29, 1.82) is 0 Å². The van der Waals surface area contributed by atoms with Gasteiger partial charge in [-0.2, -0.15) is 0 Å². The van der Waals surface area contributed by atoms with Crippen molar-refractivity contribution in [3.63, 3.8) is 0 Å². The number of carbonyl (C=O) groups excluding carboxylic acids is 1. The molecule has 0 atom stereocenters. The number of carbonyl (C=O) groups is 1. The van der Waals surface area contributed by atoms with Crippen LogP contribution in [0.5, 0.6) is 0 Å². The molecule has 2 heterocycles. The van der Waals surface area contributed by atoms with Crippen LogP contribution in [-0.4, -0.2) is 20.2 Å². The second-order valence-corrected chi connectivity index (χ2v) is 7.29. The predicted octanol–water partition coefficient (Wildman–Crippen LogP) is 5.18. The Hall–Kier alpha value is -4.26. The summed E-state index contributed by atoms with van der Waals surface area (Å²) in [5.41, 5.74) is 5.26. The van der Waals surface area contributed by atoms with Crippen LogP contribution < -0.4 is 5.32 Å². The zero-order chi connectivity index (χ0) is 22.0. The van der Waals surface area contributed by atoms with E-state index in [1.807, 2.05) is 54.8 Å². The van der Waals surface area contributed by atoms with E-state index in [1.165, 1.54) is 18.2 Å². The van der Waals surface area contributed by atoms with E-state index in [1.54, 1.807) is 18.2 Å². The highest BCUT2D eigenvalue weighted by molar-refractivity contribution is 6.03. The van der Waals surface area contributed by atoms with E-state index in [9.17, 15) is 14.9 Å². The summed E-state index contributed by atoms with van der Waals surface area (Å²) in [6, 6.07) is 17.8. The number of anilines is 1. The molecule has 4 rings (SSSR count). The molecular weight excluding hydrogens is 392 g/mol. The number of rotatable bonds is 5. The highest BCUT2D eigenvalue weighted by Crippen LogP contribution is 2.30. The summed E-state index contributed by atoms with van der Waals surface area (Å²) in [7, 11) is 0. The second kappa shape index (κ2) is 8.23. The molecular formula is C24H20N4O3. The van der Waals surface area contributed by atoms with E-state index in [2.05, 4.69) is 11.4 Å². The number of nitro benzene ring substituents is 1. The molecule has 0 aliphatic heterocycles. The van der Waals surface area contributed by atoms with Crippen LogP contribution in [0.25, 0.3) is 23.0 Å². The lowest BCUT2D eigenvalue weighted by Gasteiger charge is -2.07. The normalized spacial score (nSPS) is 11.2. The minimum atomic E-state index is -0.459. The summed E-state index contributed by atoms with van der Waals surface area (Å²) in [5, 5.41) is 13.7. The van der Waals surface area contributed by atoms with Crippen LogP contribution in [0.1, 0.15) is 16.7 Å². The Morgan fingerprint density at radius 1 is 1.06 bits per heavy atom. The largest absolute Gasteiger partial charge is 0.306 e. The number of nitrogens with one attached hydrogen (secondary N) is 1. The van der Waals surface area contributed by atoms with Crippen LogP contribution in [0.3, 0.4) is 0 Å². The van der Waals surface area contributed by atoms with Crippen LogP contribution in [0.2, 0.25) is 0 Å². The SMILES string of the molecule is Cc1cc(C)cc(-c2nc3ccccn3c2NC(=O)/C=C/c2ccc([N+](=O)[O-])cc2)c1. The maximum absolute atomic E-state index is 12.7. The van der Waals surface area contributed by atoms with Crippen LogP contribution >= 0.6 is 0 Å². The van der Waals surface area contributed by atoms with Crippen molar-refractivity contribution in [3.8, 4) is 11.3 Å². The molecule has 0 unspecified atom stereocenters. The number of nitrogens with zero attached hydrogens (tertiary/aromatic N) is 3. The van der Waals surface area contributed by atoms with Gasteiger partial charge in [-0.05, 0) is 61.9 Å². The number of non-ortho nitro benzene ring substituents is 1. The van der Waals surface area contributed by atoms with E-state index in [0.717, 1.165) is 22.3 Å². The molecule has 7 heteroatoms. The number of hydrogen-bond acceptors (Lipinski definition) is 4. The number of aryl methyl sites for hydroxylation is 2. The summed E-state index contributed by atoms with van der Waals surface area (Å²) in [5.74, 6) is 0.258. The monoisotopic (exact) mass is 412 g/mol. The number of benzene rings is 2. The number of imidazole rings is 1. The Morgan fingerprint density at radius 2 is 1.77 bits per heavy atom. The van der Waals surface area contributed by atoms with Gasteiger partial charge < -0.3 is 5.32 Å². The molecule has 0 aliphatic rings. The van der Waals surface area contributed by atoms with Crippen molar-refractivity contribution in [2.45, 2.75) is 13.8 Å². The van der Waals surface area contributed by atoms with Crippen molar-refractivity contribution in [2.75, 3.05) is 5.32 Å². The van der Waals surface area contributed by atoms with Gasteiger partial charge in [0.1, 0.15) is 17.2 Å². The van der Waals surface area contributed by atoms with Gasteiger partial charge in [0.15, 0.2) is 0 Å². The van der Waals surface area contributed by atoms with Crippen molar-refractivity contribution >= 4 is 29.1 Å². The first-order valence-electron chi connectivity index (χ1n) is 9.70. The Morgan fingerprint density at radius 3 is 2.45 bits per heavy atom. The van der Waals surface area contributed by atoms with Gasteiger partial charge >= 0.3 is 0 Å². The topological polar surface area (TPSA) is 89.5 Å². The lowest BCUT2D eigenvalue weighted by molar-refractivity contribution is -0.384. The summed E-state index contributed by atoms with van der Waals surface area (Å²) >= 11 is 0. The highest BCUT2D eigenvalue weighted by Gasteiger charge is 2.16. The summed E-state index contributed by atoms with van der Waals surface area (Å²) < 4.78 is 1.84. The Balaban J connectivity index is 1.65. The molecule has 0 saturated carbocycles. The molecule has 1 amide bonds. The minimum absolute atomic E-state index is 0.00502. The number of amides is 1.